The number of aromatic nitrogens is 1. The van der Waals surface area contributed by atoms with Gasteiger partial charge in [-0.25, -0.2) is 0 Å². The maximum atomic E-state index is 12.5. The largest absolute Gasteiger partial charge is 0.396 e. The van der Waals surface area contributed by atoms with Crippen molar-refractivity contribution in [3.63, 3.8) is 0 Å². The van der Waals surface area contributed by atoms with E-state index in [9.17, 15) is 4.79 Å². The summed E-state index contributed by atoms with van der Waals surface area (Å²) in [6.45, 7) is 2.16. The van der Waals surface area contributed by atoms with Gasteiger partial charge in [-0.15, -0.1) is 11.3 Å². The van der Waals surface area contributed by atoms with Crippen molar-refractivity contribution in [1.29, 1.82) is 0 Å². The SMILES string of the molecule is CCSC1CCCC1NC(=O)c1sc2cccnc2c1N. The minimum absolute atomic E-state index is 0.0518. The van der Waals surface area contributed by atoms with E-state index >= 15 is 0 Å². The summed E-state index contributed by atoms with van der Waals surface area (Å²) in [4.78, 5) is 17.4. The summed E-state index contributed by atoms with van der Waals surface area (Å²) in [5.41, 5.74) is 7.33. The Morgan fingerprint density at radius 2 is 2.43 bits per heavy atom. The lowest BCUT2D eigenvalue weighted by molar-refractivity contribution is 0.0943. The Balaban J connectivity index is 1.79. The van der Waals surface area contributed by atoms with Crippen LogP contribution in [0.3, 0.4) is 0 Å². The summed E-state index contributed by atoms with van der Waals surface area (Å²) in [6, 6.07) is 4.08. The second-order valence-corrected chi connectivity index (χ2v) is 7.77. The Kier molecular flexibility index (Phi) is 4.35. The Bertz CT molecular complexity index is 655. The van der Waals surface area contributed by atoms with Crippen LogP contribution < -0.4 is 11.1 Å². The highest BCUT2D eigenvalue weighted by Gasteiger charge is 2.29. The van der Waals surface area contributed by atoms with Crippen LogP contribution in [0.15, 0.2) is 18.3 Å². The highest BCUT2D eigenvalue weighted by atomic mass is 32.2. The number of hydrogen-bond donors (Lipinski definition) is 2. The molecule has 2 aromatic heterocycles. The molecule has 1 aliphatic carbocycles. The van der Waals surface area contributed by atoms with Crippen molar-refractivity contribution < 1.29 is 4.79 Å². The second-order valence-electron chi connectivity index (χ2n) is 5.20. The molecule has 112 valence electrons. The van der Waals surface area contributed by atoms with E-state index in [-0.39, 0.29) is 11.9 Å². The third-order valence-corrected chi connectivity index (χ3v) is 6.32. The van der Waals surface area contributed by atoms with Gasteiger partial charge in [0.15, 0.2) is 0 Å². The average molecular weight is 321 g/mol. The van der Waals surface area contributed by atoms with Crippen LogP contribution in [0.5, 0.6) is 0 Å². The van der Waals surface area contributed by atoms with Crippen LogP contribution in [0.25, 0.3) is 10.2 Å². The number of nitrogens with two attached hydrogens (primary N) is 1. The van der Waals surface area contributed by atoms with E-state index in [0.29, 0.717) is 15.8 Å². The number of pyridine rings is 1. The fourth-order valence-corrected chi connectivity index (χ4v) is 5.04. The normalized spacial score (nSPS) is 21.8. The summed E-state index contributed by atoms with van der Waals surface area (Å²) in [5, 5.41) is 3.71. The van der Waals surface area contributed by atoms with Crippen LogP contribution in [0, 0.1) is 0 Å². The lowest BCUT2D eigenvalue weighted by atomic mass is 10.2. The fourth-order valence-electron chi connectivity index (χ4n) is 2.85. The van der Waals surface area contributed by atoms with Crippen LogP contribution >= 0.6 is 23.1 Å². The molecule has 2 atom stereocenters. The van der Waals surface area contributed by atoms with Gasteiger partial charge in [0.05, 0.1) is 10.4 Å². The molecule has 4 nitrogen and oxygen atoms in total. The van der Waals surface area contributed by atoms with Gasteiger partial charge in [0, 0.05) is 17.5 Å². The Labute approximate surface area is 132 Å². The number of rotatable bonds is 4. The van der Waals surface area contributed by atoms with Crippen LogP contribution in [-0.4, -0.2) is 27.9 Å². The fraction of sp³-hybridized carbons (Fsp3) is 0.467. The number of carbonyl (C=O) groups is 1. The quantitative estimate of drug-likeness (QED) is 0.907. The third kappa shape index (κ3) is 2.87. The van der Waals surface area contributed by atoms with Crippen molar-refractivity contribution in [2.45, 2.75) is 37.5 Å². The summed E-state index contributed by atoms with van der Waals surface area (Å²) in [5.74, 6) is 1.04. The first-order chi connectivity index (χ1) is 10.2. The zero-order valence-electron chi connectivity index (χ0n) is 12.0. The molecular weight excluding hydrogens is 302 g/mol. The first-order valence-electron chi connectivity index (χ1n) is 7.26. The van der Waals surface area contributed by atoms with Gasteiger partial charge in [-0.2, -0.15) is 11.8 Å². The van der Waals surface area contributed by atoms with Crippen LogP contribution in [0.4, 0.5) is 5.69 Å². The predicted octanol–water partition coefficient (Wildman–Crippen LogP) is 3.28. The predicted molar refractivity (Wildman–Crippen MR) is 91.1 cm³/mol. The molecule has 1 amide bonds. The van der Waals surface area contributed by atoms with Gasteiger partial charge in [0.2, 0.25) is 0 Å². The van der Waals surface area contributed by atoms with Gasteiger partial charge in [-0.3, -0.25) is 9.78 Å². The van der Waals surface area contributed by atoms with E-state index in [1.807, 2.05) is 23.9 Å². The van der Waals surface area contributed by atoms with Crippen LogP contribution in [0.1, 0.15) is 35.9 Å². The maximum Gasteiger partial charge on any atom is 0.263 e. The molecule has 2 unspecified atom stereocenters. The first-order valence-corrected chi connectivity index (χ1v) is 9.12. The number of carbonyl (C=O) groups excluding carboxylic acids is 1. The number of fused-ring (bicyclic) bond motifs is 1. The van der Waals surface area contributed by atoms with Crippen molar-refractivity contribution in [2.75, 3.05) is 11.5 Å². The van der Waals surface area contributed by atoms with Gasteiger partial charge < -0.3 is 11.1 Å². The van der Waals surface area contributed by atoms with Crippen molar-refractivity contribution in [3.05, 3.63) is 23.2 Å². The molecule has 0 aliphatic heterocycles. The minimum Gasteiger partial charge on any atom is -0.396 e. The molecule has 3 N–H and O–H groups in total. The van der Waals surface area contributed by atoms with E-state index in [1.54, 1.807) is 6.20 Å². The smallest absolute Gasteiger partial charge is 0.263 e. The lowest BCUT2D eigenvalue weighted by Gasteiger charge is -2.19. The van der Waals surface area contributed by atoms with Crippen LogP contribution in [0.2, 0.25) is 0 Å². The van der Waals surface area contributed by atoms with Crippen molar-refractivity contribution in [2.24, 2.45) is 0 Å². The van der Waals surface area contributed by atoms with Crippen LogP contribution in [-0.2, 0) is 0 Å². The Morgan fingerprint density at radius 1 is 1.57 bits per heavy atom. The molecule has 1 saturated carbocycles. The molecule has 21 heavy (non-hydrogen) atoms. The number of anilines is 1. The van der Waals surface area contributed by atoms with Gasteiger partial charge in [-0.05, 0) is 30.7 Å². The summed E-state index contributed by atoms with van der Waals surface area (Å²) >= 11 is 3.36. The number of nitrogens with one attached hydrogen (secondary N) is 1. The highest BCUT2D eigenvalue weighted by Crippen LogP contribution is 2.33. The summed E-state index contributed by atoms with van der Waals surface area (Å²) in [6.07, 6.45) is 5.14. The monoisotopic (exact) mass is 321 g/mol. The standard InChI is InChI=1S/C15H19N3OS2/c1-2-20-10-6-3-5-9(10)18-15(19)14-12(16)13-11(21-14)7-4-8-17-13/h4,7-10H,2-3,5-6,16H2,1H3,(H,18,19). The molecule has 2 heterocycles. The van der Waals surface area contributed by atoms with E-state index < -0.39 is 0 Å². The first kappa shape index (κ1) is 14.7. The lowest BCUT2D eigenvalue weighted by Crippen LogP contribution is -2.38. The topological polar surface area (TPSA) is 68.0 Å². The maximum absolute atomic E-state index is 12.5. The highest BCUT2D eigenvalue weighted by molar-refractivity contribution is 7.99. The van der Waals surface area contributed by atoms with Gasteiger partial charge in [-0.1, -0.05) is 13.3 Å². The summed E-state index contributed by atoms with van der Waals surface area (Å²) < 4.78 is 0.964. The van der Waals surface area contributed by atoms with E-state index in [2.05, 4.69) is 17.2 Å². The molecule has 0 saturated heterocycles. The van der Waals surface area contributed by atoms with Crippen molar-refractivity contribution in [1.82, 2.24) is 10.3 Å². The minimum atomic E-state index is -0.0518. The van der Waals surface area contributed by atoms with Gasteiger partial charge in [0.25, 0.3) is 5.91 Å². The van der Waals surface area contributed by atoms with E-state index in [0.717, 1.165) is 22.4 Å². The van der Waals surface area contributed by atoms with Crippen molar-refractivity contribution >= 4 is 44.9 Å². The number of nitrogens with zero attached hydrogens (tertiary/aromatic N) is 1. The molecule has 0 bridgehead atoms. The molecular formula is C15H19N3OS2. The molecule has 6 heteroatoms. The van der Waals surface area contributed by atoms with E-state index in [4.69, 9.17) is 5.73 Å². The summed E-state index contributed by atoms with van der Waals surface area (Å²) in [7, 11) is 0. The second kappa shape index (κ2) is 6.23. The van der Waals surface area contributed by atoms with Gasteiger partial charge in [0.1, 0.15) is 10.4 Å². The number of nitrogen functional groups attached to an aromatic ring is 1. The number of thioether (sulfide) groups is 1. The zero-order chi connectivity index (χ0) is 14.8. The number of amides is 1. The molecule has 0 radical (unpaired) electrons. The molecule has 2 aromatic rings. The molecule has 0 aromatic carbocycles. The molecule has 1 aliphatic rings. The average Bonchev–Trinajstić information content (AvgIpc) is 3.05. The molecule has 0 spiro atoms. The van der Waals surface area contributed by atoms with Crippen molar-refractivity contribution in [3.8, 4) is 0 Å². The Hall–Kier alpha value is -1.27. The van der Waals surface area contributed by atoms with E-state index in [1.165, 1.54) is 24.2 Å². The molecule has 1 fully saturated rings. The number of hydrogen-bond acceptors (Lipinski definition) is 5. The number of thiophene rings is 1. The van der Waals surface area contributed by atoms with Gasteiger partial charge >= 0.3 is 0 Å². The molecule has 3 rings (SSSR count). The zero-order valence-corrected chi connectivity index (χ0v) is 13.6. The Morgan fingerprint density at radius 3 is 3.19 bits per heavy atom. The third-order valence-electron chi connectivity index (χ3n) is 3.84.